The van der Waals surface area contributed by atoms with Gasteiger partial charge in [0.2, 0.25) is 10.3 Å². The Morgan fingerprint density at radius 1 is 1.41 bits per heavy atom. The van der Waals surface area contributed by atoms with Crippen molar-refractivity contribution >= 4 is 46.1 Å². The predicted molar refractivity (Wildman–Crippen MR) is 120 cm³/mol. The fourth-order valence-electron chi connectivity index (χ4n) is 2.61. The van der Waals surface area contributed by atoms with E-state index in [0.29, 0.717) is 17.5 Å². The average molecular weight is 472 g/mol. The van der Waals surface area contributed by atoms with Crippen LogP contribution in [-0.4, -0.2) is 32.5 Å². The van der Waals surface area contributed by atoms with E-state index in [1.165, 1.54) is 42.1 Å². The third-order valence-electron chi connectivity index (χ3n) is 3.92. The summed E-state index contributed by atoms with van der Waals surface area (Å²) in [5, 5.41) is 24.2. The number of aromatic nitrogens is 2. The summed E-state index contributed by atoms with van der Waals surface area (Å²) in [6, 6.07) is 9.30. The molecule has 0 aliphatic carbocycles. The Hall–Kier alpha value is -3.69. The number of nitrogens with zero attached hydrogens (tertiary/aromatic N) is 4. The molecule has 0 aliphatic rings. The van der Waals surface area contributed by atoms with Crippen molar-refractivity contribution in [2.75, 3.05) is 17.7 Å². The van der Waals surface area contributed by atoms with Crippen molar-refractivity contribution in [2.24, 2.45) is 0 Å². The SMILES string of the molecule is CCOc1ccc(-c2ccc(/C=C(/C#N)C(=O)Nc3nc(SCC)ns3)o2)c([N+](=O)[O-])c1. The van der Waals surface area contributed by atoms with Crippen molar-refractivity contribution in [3.8, 4) is 23.1 Å². The molecule has 3 rings (SSSR count). The summed E-state index contributed by atoms with van der Waals surface area (Å²) in [4.78, 5) is 27.5. The molecule has 1 aromatic carbocycles. The van der Waals surface area contributed by atoms with Gasteiger partial charge in [0, 0.05) is 17.6 Å². The van der Waals surface area contributed by atoms with Crippen LogP contribution in [0.4, 0.5) is 10.8 Å². The van der Waals surface area contributed by atoms with Crippen LogP contribution < -0.4 is 10.1 Å². The number of hydrogen-bond acceptors (Lipinski definition) is 10. The third-order valence-corrected chi connectivity index (χ3v) is 5.40. The molecule has 0 radical (unpaired) electrons. The maximum Gasteiger partial charge on any atom is 0.284 e. The number of anilines is 1. The van der Waals surface area contributed by atoms with Crippen LogP contribution >= 0.6 is 23.3 Å². The molecule has 0 spiro atoms. The second-order valence-corrected chi connectivity index (χ2v) is 7.99. The van der Waals surface area contributed by atoms with Crippen molar-refractivity contribution < 1.29 is 18.9 Å². The molecule has 32 heavy (non-hydrogen) atoms. The smallest absolute Gasteiger partial charge is 0.284 e. The van der Waals surface area contributed by atoms with Gasteiger partial charge in [-0.15, -0.1) is 0 Å². The Bertz CT molecular complexity index is 1210. The molecule has 1 N–H and O–H groups in total. The molecule has 0 bridgehead atoms. The fraction of sp³-hybridized carbons (Fsp3) is 0.200. The quantitative estimate of drug-likeness (QED) is 0.153. The Kier molecular flexibility index (Phi) is 7.58. The van der Waals surface area contributed by atoms with E-state index in [9.17, 15) is 20.2 Å². The number of nitro benzene ring substituents is 1. The van der Waals surface area contributed by atoms with Gasteiger partial charge in [-0.2, -0.15) is 14.6 Å². The van der Waals surface area contributed by atoms with E-state index in [4.69, 9.17) is 9.15 Å². The van der Waals surface area contributed by atoms with Crippen molar-refractivity contribution in [2.45, 2.75) is 19.0 Å². The topological polar surface area (TPSA) is 144 Å². The molecule has 0 unspecified atom stereocenters. The van der Waals surface area contributed by atoms with Gasteiger partial charge in [-0.3, -0.25) is 20.2 Å². The first-order valence-electron chi connectivity index (χ1n) is 9.36. The first kappa shape index (κ1) is 23.0. The Morgan fingerprint density at radius 2 is 2.22 bits per heavy atom. The molecule has 0 atom stereocenters. The minimum absolute atomic E-state index is 0.184. The lowest BCUT2D eigenvalue weighted by molar-refractivity contribution is -0.384. The number of thioether (sulfide) groups is 1. The molecule has 164 valence electrons. The first-order valence-corrected chi connectivity index (χ1v) is 11.1. The molecule has 10 nitrogen and oxygen atoms in total. The van der Waals surface area contributed by atoms with E-state index >= 15 is 0 Å². The van der Waals surface area contributed by atoms with E-state index in [1.807, 2.05) is 13.0 Å². The van der Waals surface area contributed by atoms with Crippen molar-refractivity contribution in [1.29, 1.82) is 5.26 Å². The van der Waals surface area contributed by atoms with Gasteiger partial charge in [-0.1, -0.05) is 18.7 Å². The number of rotatable bonds is 9. The van der Waals surface area contributed by atoms with Crippen LogP contribution in [0.15, 0.2) is 45.5 Å². The summed E-state index contributed by atoms with van der Waals surface area (Å²) in [7, 11) is 0. The summed E-state index contributed by atoms with van der Waals surface area (Å²) >= 11 is 2.45. The first-order chi connectivity index (χ1) is 15.4. The van der Waals surface area contributed by atoms with E-state index in [2.05, 4.69) is 14.7 Å². The van der Waals surface area contributed by atoms with Gasteiger partial charge in [0.05, 0.1) is 23.2 Å². The highest BCUT2D eigenvalue weighted by Gasteiger charge is 2.20. The number of carbonyl (C=O) groups excluding carboxylic acids is 1. The average Bonchev–Trinajstić information content (AvgIpc) is 3.42. The summed E-state index contributed by atoms with van der Waals surface area (Å²) < 4.78 is 15.1. The fourth-order valence-corrected chi connectivity index (χ4v) is 3.87. The van der Waals surface area contributed by atoms with Crippen LogP contribution in [0.25, 0.3) is 17.4 Å². The number of nitriles is 1. The van der Waals surface area contributed by atoms with Crippen molar-refractivity contribution in [3.05, 3.63) is 51.8 Å². The summed E-state index contributed by atoms with van der Waals surface area (Å²) in [5.41, 5.74) is -0.154. The highest BCUT2D eigenvalue weighted by molar-refractivity contribution is 7.99. The lowest BCUT2D eigenvalue weighted by Gasteiger charge is -2.05. The van der Waals surface area contributed by atoms with Gasteiger partial charge in [0.1, 0.15) is 28.9 Å². The summed E-state index contributed by atoms with van der Waals surface area (Å²) in [6.07, 6.45) is 1.25. The van der Waals surface area contributed by atoms with Gasteiger partial charge in [0.15, 0.2) is 0 Å². The summed E-state index contributed by atoms with van der Waals surface area (Å²) in [6.45, 7) is 4.11. The maximum atomic E-state index is 12.4. The monoisotopic (exact) mass is 471 g/mol. The molecular formula is C20H17N5O5S2. The number of furan rings is 1. The van der Waals surface area contributed by atoms with Gasteiger partial charge in [-0.25, -0.2) is 0 Å². The van der Waals surface area contributed by atoms with Gasteiger partial charge < -0.3 is 9.15 Å². The van der Waals surface area contributed by atoms with E-state index < -0.39 is 10.8 Å². The van der Waals surface area contributed by atoms with Crippen LogP contribution in [0.5, 0.6) is 5.75 Å². The van der Waals surface area contributed by atoms with Crippen molar-refractivity contribution in [1.82, 2.24) is 9.36 Å². The number of ether oxygens (including phenoxy) is 1. The van der Waals surface area contributed by atoms with Crippen molar-refractivity contribution in [3.63, 3.8) is 0 Å². The minimum atomic E-state index is -0.665. The number of hydrogen-bond donors (Lipinski definition) is 1. The van der Waals surface area contributed by atoms with E-state index in [-0.39, 0.29) is 33.5 Å². The lowest BCUT2D eigenvalue weighted by Crippen LogP contribution is -2.13. The van der Waals surface area contributed by atoms with Gasteiger partial charge >= 0.3 is 0 Å². The van der Waals surface area contributed by atoms with Gasteiger partial charge in [-0.05, 0) is 36.9 Å². The maximum absolute atomic E-state index is 12.4. The third kappa shape index (κ3) is 5.51. The lowest BCUT2D eigenvalue weighted by atomic mass is 10.1. The number of amides is 1. The van der Waals surface area contributed by atoms with Gasteiger partial charge in [0.25, 0.3) is 11.6 Å². The Labute approximate surface area is 191 Å². The molecule has 2 heterocycles. The number of nitrogens with one attached hydrogen (secondary N) is 1. The molecular weight excluding hydrogens is 454 g/mol. The number of benzene rings is 1. The zero-order valence-corrected chi connectivity index (χ0v) is 18.7. The molecule has 0 fully saturated rings. The largest absolute Gasteiger partial charge is 0.494 e. The zero-order valence-electron chi connectivity index (χ0n) is 17.0. The van der Waals surface area contributed by atoms with Crippen LogP contribution in [0.1, 0.15) is 19.6 Å². The zero-order chi connectivity index (χ0) is 23.1. The highest BCUT2D eigenvalue weighted by atomic mass is 32.2. The molecule has 1 amide bonds. The molecule has 3 aromatic rings. The highest BCUT2D eigenvalue weighted by Crippen LogP contribution is 2.34. The van der Waals surface area contributed by atoms with E-state index in [0.717, 1.165) is 17.3 Å². The van der Waals surface area contributed by atoms with Crippen LogP contribution in [0.2, 0.25) is 0 Å². The molecule has 0 saturated carbocycles. The normalized spacial score (nSPS) is 11.1. The Morgan fingerprint density at radius 3 is 2.91 bits per heavy atom. The standard InChI is InChI=1S/C20H17N5O5S2/c1-3-29-13-5-7-15(16(10-13)25(27)28)17-8-6-14(30-17)9-12(11-21)18(26)22-19-23-20(24-32-19)31-4-2/h5-10H,3-4H2,1-2H3,(H,22,23,24,26)/b12-9-. The second kappa shape index (κ2) is 10.6. The molecule has 0 saturated heterocycles. The van der Waals surface area contributed by atoms with Crippen LogP contribution in [-0.2, 0) is 4.79 Å². The molecule has 2 aromatic heterocycles. The van der Waals surface area contributed by atoms with Crippen LogP contribution in [0, 0.1) is 21.4 Å². The second-order valence-electron chi connectivity index (χ2n) is 6.01. The number of nitro groups is 1. The Balaban J connectivity index is 1.82. The summed E-state index contributed by atoms with van der Waals surface area (Å²) in [5.74, 6) is 0.904. The predicted octanol–water partition coefficient (Wildman–Crippen LogP) is 4.76. The van der Waals surface area contributed by atoms with E-state index in [1.54, 1.807) is 13.0 Å². The minimum Gasteiger partial charge on any atom is -0.494 e. The molecule has 0 aliphatic heterocycles. The van der Waals surface area contributed by atoms with Crippen LogP contribution in [0.3, 0.4) is 0 Å². The molecule has 12 heteroatoms. The number of carbonyl (C=O) groups is 1.